The molecule has 5 nitrogen and oxygen atoms in total. The number of nitrogens with zero attached hydrogens (tertiary/aromatic N) is 2. The molecule has 0 saturated carbocycles. The van der Waals surface area contributed by atoms with Crippen LogP contribution in [0.25, 0.3) is 16.6 Å². The molecule has 0 radical (unpaired) electrons. The van der Waals surface area contributed by atoms with Crippen LogP contribution in [0, 0.1) is 6.92 Å². The van der Waals surface area contributed by atoms with E-state index in [0.29, 0.717) is 5.82 Å². The van der Waals surface area contributed by atoms with E-state index in [2.05, 4.69) is 26.0 Å². The molecule has 104 valence electrons. The summed E-state index contributed by atoms with van der Waals surface area (Å²) in [7, 11) is 1.37. The van der Waals surface area contributed by atoms with Crippen LogP contribution in [0.3, 0.4) is 0 Å². The molecule has 1 N–H and O–H groups in total. The molecule has 0 spiro atoms. The monoisotopic (exact) mass is 289 g/mol. The van der Waals surface area contributed by atoms with E-state index in [1.165, 1.54) is 18.6 Å². The summed E-state index contributed by atoms with van der Waals surface area (Å²) in [5.41, 5.74) is 2.88. The van der Waals surface area contributed by atoms with Gasteiger partial charge >= 0.3 is 5.97 Å². The molecule has 2 aromatic rings. The summed E-state index contributed by atoms with van der Waals surface area (Å²) in [6.07, 6.45) is 1.62. The zero-order chi connectivity index (χ0) is 14.5. The van der Waals surface area contributed by atoms with Gasteiger partial charge in [0.2, 0.25) is 0 Å². The van der Waals surface area contributed by atoms with Crippen LogP contribution in [0.2, 0.25) is 0 Å². The minimum absolute atomic E-state index is 0.134. The largest absolute Gasteiger partial charge is 0.468 e. The first-order valence-corrected chi connectivity index (χ1v) is 6.79. The van der Waals surface area contributed by atoms with Gasteiger partial charge in [0.1, 0.15) is 11.6 Å². The van der Waals surface area contributed by atoms with Crippen molar-refractivity contribution in [2.24, 2.45) is 0 Å². The number of rotatable bonds is 5. The van der Waals surface area contributed by atoms with E-state index < -0.39 is 0 Å². The molecule has 1 aromatic heterocycles. The number of ether oxygens (including phenoxy) is 1. The van der Waals surface area contributed by atoms with Crippen LogP contribution in [-0.4, -0.2) is 29.0 Å². The van der Waals surface area contributed by atoms with E-state index in [9.17, 15) is 4.79 Å². The van der Waals surface area contributed by atoms with Gasteiger partial charge in [0.25, 0.3) is 0 Å². The van der Waals surface area contributed by atoms with E-state index in [-0.39, 0.29) is 12.5 Å². The summed E-state index contributed by atoms with van der Waals surface area (Å²) in [4.78, 5) is 15.5. The smallest absolute Gasteiger partial charge is 0.325 e. The number of nitrogens with one attached hydrogen (secondary N) is 1. The van der Waals surface area contributed by atoms with Gasteiger partial charge in [-0.1, -0.05) is 18.7 Å². The molecule has 0 aliphatic rings. The van der Waals surface area contributed by atoms with Crippen LogP contribution in [0.5, 0.6) is 0 Å². The highest BCUT2D eigenvalue weighted by atomic mass is 32.1. The van der Waals surface area contributed by atoms with Gasteiger partial charge in [-0.05, 0) is 36.2 Å². The van der Waals surface area contributed by atoms with E-state index in [0.717, 1.165) is 21.8 Å². The van der Waals surface area contributed by atoms with Crippen molar-refractivity contribution in [3.05, 3.63) is 36.2 Å². The van der Waals surface area contributed by atoms with Gasteiger partial charge in [0.15, 0.2) is 5.82 Å². The molecule has 0 fully saturated rings. The summed E-state index contributed by atoms with van der Waals surface area (Å²) in [5.74, 6) is 0.314. The molecule has 1 aromatic carbocycles. The molecule has 0 aliphatic heterocycles. The number of carbonyl (C=O) groups excluding carboxylic acids is 1. The average Bonchev–Trinajstić information content (AvgIpc) is 2.95. The highest BCUT2D eigenvalue weighted by Crippen LogP contribution is 2.26. The number of benzene rings is 1. The number of methoxy groups -OCH3 is 1. The van der Waals surface area contributed by atoms with Crippen molar-refractivity contribution in [1.29, 1.82) is 0 Å². The van der Waals surface area contributed by atoms with E-state index in [1.807, 2.05) is 25.1 Å². The van der Waals surface area contributed by atoms with Crippen LogP contribution in [0.4, 0.5) is 5.69 Å². The van der Waals surface area contributed by atoms with Crippen LogP contribution < -0.4 is 5.32 Å². The predicted molar refractivity (Wildman–Crippen MR) is 80.7 cm³/mol. The third-order valence-electron chi connectivity index (χ3n) is 2.76. The van der Waals surface area contributed by atoms with Gasteiger partial charge in [-0.2, -0.15) is 4.37 Å². The molecule has 2 rings (SSSR count). The molecule has 1 heterocycles. The minimum atomic E-state index is -0.306. The van der Waals surface area contributed by atoms with E-state index in [4.69, 9.17) is 0 Å². The van der Waals surface area contributed by atoms with Crippen molar-refractivity contribution in [2.75, 3.05) is 19.0 Å². The van der Waals surface area contributed by atoms with Gasteiger partial charge in [-0.15, -0.1) is 0 Å². The number of aromatic nitrogens is 2. The summed E-state index contributed by atoms with van der Waals surface area (Å²) in [6.45, 7) is 5.75. The summed E-state index contributed by atoms with van der Waals surface area (Å²) >= 11 is 1.32. The average molecular weight is 289 g/mol. The second-order valence-corrected chi connectivity index (χ2v) is 4.87. The zero-order valence-electron chi connectivity index (χ0n) is 11.3. The van der Waals surface area contributed by atoms with Crippen molar-refractivity contribution in [1.82, 2.24) is 9.36 Å². The fourth-order valence-corrected chi connectivity index (χ4v) is 2.28. The number of aryl methyl sites for hydroxylation is 1. The number of hydrogen-bond acceptors (Lipinski definition) is 6. The Morgan fingerprint density at radius 2 is 2.35 bits per heavy atom. The lowest BCUT2D eigenvalue weighted by atomic mass is 10.1. The SMILES string of the molecule is C=Cc1nsc(-c2ccc(C)c(NCC(=O)OC)c2)n1. The molecule has 0 atom stereocenters. The fraction of sp³-hybridized carbons (Fsp3) is 0.214. The Hall–Kier alpha value is -2.21. The summed E-state index contributed by atoms with van der Waals surface area (Å²) in [6, 6.07) is 5.90. The first-order chi connectivity index (χ1) is 9.63. The van der Waals surface area contributed by atoms with Crippen molar-refractivity contribution >= 4 is 29.3 Å². The Morgan fingerprint density at radius 3 is 3.00 bits per heavy atom. The van der Waals surface area contributed by atoms with Crippen molar-refractivity contribution in [2.45, 2.75) is 6.92 Å². The van der Waals surface area contributed by atoms with Crippen molar-refractivity contribution < 1.29 is 9.53 Å². The topological polar surface area (TPSA) is 64.1 Å². The maximum Gasteiger partial charge on any atom is 0.325 e. The quantitative estimate of drug-likeness (QED) is 0.857. The highest BCUT2D eigenvalue weighted by Gasteiger charge is 2.08. The molecule has 0 bridgehead atoms. The lowest BCUT2D eigenvalue weighted by Crippen LogP contribution is -2.15. The number of esters is 1. The molecule has 0 saturated heterocycles. The van der Waals surface area contributed by atoms with Crippen molar-refractivity contribution in [3.63, 3.8) is 0 Å². The number of carbonyl (C=O) groups is 1. The van der Waals surface area contributed by atoms with E-state index >= 15 is 0 Å². The van der Waals surface area contributed by atoms with Crippen LogP contribution in [0.15, 0.2) is 24.8 Å². The maximum absolute atomic E-state index is 11.2. The first-order valence-electron chi connectivity index (χ1n) is 6.02. The predicted octanol–water partition coefficient (Wildman–Crippen LogP) is 2.74. The molecule has 6 heteroatoms. The molecule has 0 unspecified atom stereocenters. The second kappa shape index (κ2) is 6.29. The van der Waals surface area contributed by atoms with Gasteiger partial charge in [-0.25, -0.2) is 4.98 Å². The Bertz CT molecular complexity index is 637. The normalized spacial score (nSPS) is 10.1. The highest BCUT2D eigenvalue weighted by molar-refractivity contribution is 7.09. The third-order valence-corrected chi connectivity index (χ3v) is 3.54. The molecular weight excluding hydrogens is 274 g/mol. The van der Waals surface area contributed by atoms with Gasteiger partial charge in [0.05, 0.1) is 7.11 Å². The molecule has 20 heavy (non-hydrogen) atoms. The zero-order valence-corrected chi connectivity index (χ0v) is 12.2. The Balaban J connectivity index is 2.23. The first kappa shape index (κ1) is 14.2. The second-order valence-electron chi connectivity index (χ2n) is 4.12. The van der Waals surface area contributed by atoms with Gasteiger partial charge in [-0.3, -0.25) is 4.79 Å². The maximum atomic E-state index is 11.2. The number of anilines is 1. The van der Waals surface area contributed by atoms with Crippen LogP contribution in [0.1, 0.15) is 11.4 Å². The van der Waals surface area contributed by atoms with Crippen LogP contribution >= 0.6 is 11.5 Å². The van der Waals surface area contributed by atoms with Gasteiger partial charge < -0.3 is 10.1 Å². The molecule has 0 amide bonds. The lowest BCUT2D eigenvalue weighted by Gasteiger charge is -2.09. The summed E-state index contributed by atoms with van der Waals surface area (Å²) < 4.78 is 8.78. The minimum Gasteiger partial charge on any atom is -0.468 e. The fourth-order valence-electron chi connectivity index (χ4n) is 1.62. The standard InChI is InChI=1S/C14H15N3O2S/c1-4-12-16-14(20-17-12)10-6-5-9(2)11(7-10)15-8-13(18)19-3/h4-7,15H,1,8H2,2-3H3. The molecular formula is C14H15N3O2S. The van der Waals surface area contributed by atoms with Crippen LogP contribution in [-0.2, 0) is 9.53 Å². The Labute approximate surface area is 121 Å². The van der Waals surface area contributed by atoms with E-state index in [1.54, 1.807) is 6.08 Å². The third kappa shape index (κ3) is 3.21. The Kier molecular flexibility index (Phi) is 4.47. The summed E-state index contributed by atoms with van der Waals surface area (Å²) in [5, 5.41) is 3.88. The van der Waals surface area contributed by atoms with Crippen molar-refractivity contribution in [3.8, 4) is 10.6 Å². The van der Waals surface area contributed by atoms with Gasteiger partial charge in [0, 0.05) is 11.3 Å². The number of hydrogen-bond donors (Lipinski definition) is 1. The lowest BCUT2D eigenvalue weighted by molar-refractivity contribution is -0.138. The molecule has 0 aliphatic carbocycles. The Morgan fingerprint density at radius 1 is 1.55 bits per heavy atom.